The van der Waals surface area contributed by atoms with Gasteiger partial charge in [-0.3, -0.25) is 9.63 Å². The van der Waals surface area contributed by atoms with Crippen molar-refractivity contribution in [3.8, 4) is 0 Å². The number of ketones is 1. The summed E-state index contributed by atoms with van der Waals surface area (Å²) in [5, 5.41) is 4.44. The van der Waals surface area contributed by atoms with E-state index in [2.05, 4.69) is 5.32 Å². The Morgan fingerprint density at radius 1 is 1.18 bits per heavy atom. The summed E-state index contributed by atoms with van der Waals surface area (Å²) in [6.07, 6.45) is 2.74. The van der Waals surface area contributed by atoms with Crippen LogP contribution in [0.3, 0.4) is 0 Å². The van der Waals surface area contributed by atoms with Gasteiger partial charge < -0.3 is 24.4 Å². The van der Waals surface area contributed by atoms with Crippen LogP contribution in [0.4, 0.5) is 9.59 Å². The highest BCUT2D eigenvalue weighted by Gasteiger charge is 2.49. The summed E-state index contributed by atoms with van der Waals surface area (Å²) in [5.41, 5.74) is 0.574. The number of ether oxygens (including phenoxy) is 3. The zero-order valence-electron chi connectivity index (χ0n) is 23.6. The smallest absolute Gasteiger partial charge is 0.409 e. The number of amides is 2. The molecule has 3 heterocycles. The summed E-state index contributed by atoms with van der Waals surface area (Å²) in [6, 6.07) is 9.01. The van der Waals surface area contributed by atoms with Crippen LogP contribution >= 0.6 is 0 Å². The average Bonchev–Trinajstić information content (AvgIpc) is 3.68. The van der Waals surface area contributed by atoms with Gasteiger partial charge in [-0.25, -0.2) is 9.59 Å². The second-order valence-corrected chi connectivity index (χ2v) is 11.5. The molecule has 1 N–H and O–H groups in total. The Balaban J connectivity index is 1.29. The zero-order valence-corrected chi connectivity index (χ0v) is 23.6. The Hall–Kier alpha value is -2.69. The maximum absolute atomic E-state index is 13.3. The fourth-order valence-electron chi connectivity index (χ4n) is 5.25. The molecule has 4 rings (SSSR count). The van der Waals surface area contributed by atoms with E-state index in [1.807, 2.05) is 58.0 Å². The summed E-state index contributed by atoms with van der Waals surface area (Å²) in [7, 11) is 0. The molecule has 0 aliphatic carbocycles. The molecule has 216 valence electrons. The minimum absolute atomic E-state index is 0.0595. The maximum atomic E-state index is 13.3. The molecule has 0 aromatic heterocycles. The van der Waals surface area contributed by atoms with Crippen molar-refractivity contribution in [2.45, 2.75) is 96.7 Å². The first-order valence-electron chi connectivity index (χ1n) is 14.2. The summed E-state index contributed by atoms with van der Waals surface area (Å²) in [4.78, 5) is 46.1. The van der Waals surface area contributed by atoms with Crippen LogP contribution in [0.15, 0.2) is 30.3 Å². The van der Waals surface area contributed by atoms with E-state index >= 15 is 0 Å². The summed E-state index contributed by atoms with van der Waals surface area (Å²) >= 11 is 0. The van der Waals surface area contributed by atoms with E-state index in [0.717, 1.165) is 37.7 Å². The fourth-order valence-corrected chi connectivity index (χ4v) is 5.25. The Labute approximate surface area is 231 Å². The van der Waals surface area contributed by atoms with Crippen LogP contribution in [0, 0.1) is 5.41 Å². The highest BCUT2D eigenvalue weighted by Crippen LogP contribution is 2.35. The van der Waals surface area contributed by atoms with Crippen LogP contribution < -0.4 is 5.32 Å². The third-order valence-electron chi connectivity index (χ3n) is 7.83. The van der Waals surface area contributed by atoms with Gasteiger partial charge in [0.1, 0.15) is 12.7 Å². The number of hydrogen-bond acceptors (Lipinski definition) is 8. The molecule has 3 aliphatic heterocycles. The number of hydrogen-bond donors (Lipinski definition) is 1. The predicted octanol–water partition coefficient (Wildman–Crippen LogP) is 4.59. The second kappa shape index (κ2) is 13.1. The lowest BCUT2D eigenvalue weighted by Gasteiger charge is -2.26. The molecule has 10 heteroatoms. The molecule has 3 saturated heterocycles. The van der Waals surface area contributed by atoms with Gasteiger partial charge in [0.2, 0.25) is 12.0 Å². The number of alkyl carbamates (subject to hydrolysis) is 1. The lowest BCUT2D eigenvalue weighted by atomic mass is 9.90. The molecule has 10 nitrogen and oxygen atoms in total. The van der Waals surface area contributed by atoms with Gasteiger partial charge in [0.25, 0.3) is 0 Å². The monoisotopic (exact) mass is 545 g/mol. The van der Waals surface area contributed by atoms with Gasteiger partial charge in [0, 0.05) is 18.6 Å². The molecule has 39 heavy (non-hydrogen) atoms. The van der Waals surface area contributed by atoms with E-state index in [1.165, 1.54) is 0 Å². The van der Waals surface area contributed by atoms with E-state index in [9.17, 15) is 14.4 Å². The van der Waals surface area contributed by atoms with E-state index in [1.54, 1.807) is 9.96 Å². The van der Waals surface area contributed by atoms with Gasteiger partial charge in [-0.1, -0.05) is 63.9 Å². The normalized spacial score (nSPS) is 27.3. The minimum Gasteiger partial charge on any atom is -0.447 e. The van der Waals surface area contributed by atoms with E-state index in [4.69, 9.17) is 19.0 Å². The number of likely N-dealkylation sites (tertiary alicyclic amines) is 1. The van der Waals surface area contributed by atoms with E-state index < -0.39 is 36.0 Å². The van der Waals surface area contributed by atoms with E-state index in [-0.39, 0.29) is 31.1 Å². The van der Waals surface area contributed by atoms with Crippen molar-refractivity contribution in [1.82, 2.24) is 15.3 Å². The third-order valence-corrected chi connectivity index (χ3v) is 7.83. The van der Waals surface area contributed by atoms with Crippen molar-refractivity contribution in [3.63, 3.8) is 0 Å². The predicted molar refractivity (Wildman–Crippen MR) is 144 cm³/mol. The number of carbonyl (C=O) groups is 3. The molecule has 3 aliphatic rings. The molecule has 0 spiro atoms. The Morgan fingerprint density at radius 2 is 1.95 bits per heavy atom. The highest BCUT2D eigenvalue weighted by atomic mass is 16.8. The summed E-state index contributed by atoms with van der Waals surface area (Å²) < 4.78 is 16.9. The largest absolute Gasteiger partial charge is 0.447 e. The number of benzene rings is 1. The van der Waals surface area contributed by atoms with Gasteiger partial charge in [-0.05, 0) is 38.2 Å². The first-order valence-corrected chi connectivity index (χ1v) is 14.2. The Morgan fingerprint density at radius 3 is 2.64 bits per heavy atom. The van der Waals surface area contributed by atoms with Gasteiger partial charge in [-0.2, -0.15) is 0 Å². The fraction of sp³-hybridized carbons (Fsp3) is 0.690. The lowest BCUT2D eigenvalue weighted by Crippen LogP contribution is -2.46. The van der Waals surface area contributed by atoms with Gasteiger partial charge >= 0.3 is 12.2 Å². The quantitative estimate of drug-likeness (QED) is 0.402. The third kappa shape index (κ3) is 7.70. The molecular formula is C29H43N3O7. The van der Waals surface area contributed by atoms with Crippen LogP contribution in [0.25, 0.3) is 0 Å². The number of rotatable bonds is 11. The molecular weight excluding hydrogens is 502 g/mol. The number of unbranched alkanes of at least 4 members (excludes halogenated alkanes) is 1. The Bertz CT molecular complexity index is 982. The molecule has 3 fully saturated rings. The molecule has 4 unspecified atom stereocenters. The highest BCUT2D eigenvalue weighted by molar-refractivity contribution is 5.91. The summed E-state index contributed by atoms with van der Waals surface area (Å²) in [5.74, 6) is -0.191. The number of nitrogens with zero attached hydrogens (tertiary/aromatic N) is 2. The van der Waals surface area contributed by atoms with Crippen LogP contribution in [0.2, 0.25) is 0 Å². The average molecular weight is 546 g/mol. The van der Waals surface area contributed by atoms with Crippen LogP contribution in [0.1, 0.15) is 77.8 Å². The molecule has 1 aromatic rings. The van der Waals surface area contributed by atoms with Crippen molar-refractivity contribution < 1.29 is 33.4 Å². The van der Waals surface area contributed by atoms with E-state index in [0.29, 0.717) is 19.6 Å². The second-order valence-electron chi connectivity index (χ2n) is 11.5. The van der Waals surface area contributed by atoms with Crippen LogP contribution in [-0.4, -0.2) is 78.7 Å². The number of hydroxylamine groups is 2. The van der Waals surface area contributed by atoms with Crippen molar-refractivity contribution in [2.24, 2.45) is 5.41 Å². The number of carbonyl (C=O) groups excluding carboxylic acids is 3. The molecule has 2 amide bonds. The van der Waals surface area contributed by atoms with Gasteiger partial charge in [-0.15, -0.1) is 5.06 Å². The number of Topliss-reactive ketones (excluding diaryl/α,β-unsaturated/α-hetero) is 1. The first-order chi connectivity index (χ1) is 18.7. The van der Waals surface area contributed by atoms with Gasteiger partial charge in [0.05, 0.1) is 24.7 Å². The van der Waals surface area contributed by atoms with Crippen molar-refractivity contribution in [2.75, 3.05) is 26.3 Å². The molecule has 1 aromatic carbocycles. The zero-order chi connectivity index (χ0) is 28.0. The standard InChI is InChI=1S/C29H43N3O7/c1-5-6-15-23(25(33)26-32(39-26)20(2)21-12-8-7-9-13-21)30-27(34)38-24-17-31(19-29(24,3)4)28(35)37-18-22-14-10-11-16-36-22/h7-9,12-13,20,22-24,26H,5-6,10-11,14-19H2,1-4H3,(H,30,34)/t20-,22?,23?,24-,26?,32?/m1/s1. The van der Waals surface area contributed by atoms with Crippen molar-refractivity contribution >= 4 is 18.0 Å². The first kappa shape index (κ1) is 29.3. The topological polar surface area (TPSA) is 110 Å². The van der Waals surface area contributed by atoms with Crippen molar-refractivity contribution in [1.29, 1.82) is 0 Å². The van der Waals surface area contributed by atoms with Crippen LogP contribution in [-0.2, 0) is 23.8 Å². The van der Waals surface area contributed by atoms with Gasteiger partial charge in [0.15, 0.2) is 0 Å². The SMILES string of the molecule is CCCCC(NC(=O)O[C@@H]1CN(C(=O)OCC2CCCCO2)CC1(C)C)C(=O)C1ON1[C@H](C)c1ccccc1. The molecule has 0 radical (unpaired) electrons. The summed E-state index contributed by atoms with van der Waals surface area (Å²) in [6.45, 7) is 9.46. The van der Waals surface area contributed by atoms with Crippen molar-refractivity contribution in [3.05, 3.63) is 35.9 Å². The Kier molecular flexibility index (Phi) is 9.85. The molecule has 6 atom stereocenters. The lowest BCUT2D eigenvalue weighted by molar-refractivity contribution is -0.122. The van der Waals surface area contributed by atoms with Crippen LogP contribution in [0.5, 0.6) is 0 Å². The number of nitrogens with one attached hydrogen (secondary N) is 1. The minimum atomic E-state index is -0.725. The molecule has 0 bridgehead atoms. The molecule has 0 saturated carbocycles. The maximum Gasteiger partial charge on any atom is 0.409 e.